The van der Waals surface area contributed by atoms with Gasteiger partial charge in [0, 0.05) is 23.7 Å². The first kappa shape index (κ1) is 10.6. The number of ether oxygens (including phenoxy) is 1. The van der Waals surface area contributed by atoms with Gasteiger partial charge in [0.05, 0.1) is 16.8 Å². The zero-order valence-electron chi connectivity index (χ0n) is 8.04. The molecular formula is C10H14BrNOS. The molecule has 1 aromatic heterocycles. The average Bonchev–Trinajstić information content (AvgIpc) is 2.72. The number of thiazole rings is 1. The van der Waals surface area contributed by atoms with E-state index in [1.807, 2.05) is 5.51 Å². The second-order valence-electron chi connectivity index (χ2n) is 3.78. The van der Waals surface area contributed by atoms with Gasteiger partial charge in [-0.25, -0.2) is 4.98 Å². The number of alkyl halides is 1. The summed E-state index contributed by atoms with van der Waals surface area (Å²) < 4.78 is 5.91. The van der Waals surface area contributed by atoms with Crippen molar-refractivity contribution in [1.29, 1.82) is 0 Å². The molecule has 2 heterocycles. The predicted molar refractivity (Wildman–Crippen MR) is 62.1 cm³/mol. The van der Waals surface area contributed by atoms with E-state index < -0.39 is 0 Å². The summed E-state index contributed by atoms with van der Waals surface area (Å²) in [6.45, 7) is 0.899. The monoisotopic (exact) mass is 275 g/mol. The summed E-state index contributed by atoms with van der Waals surface area (Å²) in [7, 11) is 0. The summed E-state index contributed by atoms with van der Waals surface area (Å²) in [4.78, 5) is 4.32. The maximum atomic E-state index is 5.91. The zero-order valence-corrected chi connectivity index (χ0v) is 10.4. The average molecular weight is 276 g/mol. The maximum Gasteiger partial charge on any atom is 0.0834 e. The van der Waals surface area contributed by atoms with Crippen molar-refractivity contribution in [3.05, 3.63) is 16.6 Å². The minimum atomic E-state index is 0.00627. The number of aromatic nitrogens is 1. The smallest absolute Gasteiger partial charge is 0.0834 e. The molecule has 1 fully saturated rings. The van der Waals surface area contributed by atoms with E-state index in [0.717, 1.165) is 30.5 Å². The van der Waals surface area contributed by atoms with Crippen molar-refractivity contribution in [2.24, 2.45) is 0 Å². The first-order chi connectivity index (χ1) is 6.85. The van der Waals surface area contributed by atoms with Gasteiger partial charge in [-0.05, 0) is 19.3 Å². The molecule has 1 aliphatic rings. The number of hydrogen-bond donors (Lipinski definition) is 0. The van der Waals surface area contributed by atoms with Gasteiger partial charge in [0.1, 0.15) is 0 Å². The molecule has 0 N–H and O–H groups in total. The van der Waals surface area contributed by atoms with Gasteiger partial charge in [0.15, 0.2) is 0 Å². The minimum absolute atomic E-state index is 0.00627. The molecule has 1 unspecified atom stereocenters. The van der Waals surface area contributed by atoms with E-state index >= 15 is 0 Å². The molecule has 0 bridgehead atoms. The third-order valence-corrected chi connectivity index (χ3v) is 4.32. The SMILES string of the molecule is BrCC1(Cc2cscn2)CCCCO1. The van der Waals surface area contributed by atoms with Gasteiger partial charge >= 0.3 is 0 Å². The molecule has 0 saturated carbocycles. The fourth-order valence-corrected chi connectivity index (χ4v) is 3.06. The fourth-order valence-electron chi connectivity index (χ4n) is 1.86. The molecule has 0 aromatic carbocycles. The molecule has 4 heteroatoms. The van der Waals surface area contributed by atoms with Gasteiger partial charge in [0.2, 0.25) is 0 Å². The number of rotatable bonds is 3. The Morgan fingerprint density at radius 1 is 1.57 bits per heavy atom. The standard InChI is InChI=1S/C10H14BrNOS/c11-7-10(3-1-2-4-13-10)5-9-6-14-8-12-9/h6,8H,1-5,7H2. The lowest BCUT2D eigenvalue weighted by Crippen LogP contribution is -2.40. The Bertz CT molecular complexity index is 270. The molecule has 2 nitrogen and oxygen atoms in total. The lowest BCUT2D eigenvalue weighted by atomic mass is 9.91. The Balaban J connectivity index is 2.04. The van der Waals surface area contributed by atoms with Gasteiger partial charge in [-0.3, -0.25) is 0 Å². The highest BCUT2D eigenvalue weighted by Gasteiger charge is 2.32. The predicted octanol–water partition coefficient (Wildman–Crippen LogP) is 3.02. The van der Waals surface area contributed by atoms with Gasteiger partial charge in [-0.1, -0.05) is 15.9 Å². The Morgan fingerprint density at radius 3 is 3.07 bits per heavy atom. The quantitative estimate of drug-likeness (QED) is 0.792. The number of nitrogens with zero attached hydrogens (tertiary/aromatic N) is 1. The Hall–Kier alpha value is 0.0700. The van der Waals surface area contributed by atoms with Crippen LogP contribution in [0.3, 0.4) is 0 Å². The molecule has 0 amide bonds. The number of hydrogen-bond acceptors (Lipinski definition) is 3. The van der Waals surface area contributed by atoms with Crippen LogP contribution in [-0.4, -0.2) is 22.5 Å². The molecular weight excluding hydrogens is 262 g/mol. The molecule has 0 spiro atoms. The molecule has 78 valence electrons. The van der Waals surface area contributed by atoms with Crippen LogP contribution in [0.15, 0.2) is 10.9 Å². The first-order valence-electron chi connectivity index (χ1n) is 4.92. The molecule has 1 aromatic rings. The van der Waals surface area contributed by atoms with E-state index in [9.17, 15) is 0 Å². The van der Waals surface area contributed by atoms with Gasteiger partial charge in [-0.2, -0.15) is 0 Å². The van der Waals surface area contributed by atoms with Crippen molar-refractivity contribution in [2.75, 3.05) is 11.9 Å². The highest BCUT2D eigenvalue weighted by Crippen LogP contribution is 2.30. The summed E-state index contributed by atoms with van der Waals surface area (Å²) in [6, 6.07) is 0. The van der Waals surface area contributed by atoms with Crippen LogP contribution in [0.1, 0.15) is 25.0 Å². The van der Waals surface area contributed by atoms with Crippen LogP contribution in [0, 0.1) is 0 Å². The maximum absolute atomic E-state index is 5.91. The Labute approximate surface area is 96.8 Å². The van der Waals surface area contributed by atoms with Crippen LogP contribution in [0.4, 0.5) is 0 Å². The third kappa shape index (κ3) is 2.35. The summed E-state index contributed by atoms with van der Waals surface area (Å²) in [6.07, 6.45) is 4.57. The molecule has 1 atom stereocenters. The van der Waals surface area contributed by atoms with Crippen molar-refractivity contribution in [1.82, 2.24) is 4.98 Å². The van der Waals surface area contributed by atoms with Crippen molar-refractivity contribution in [3.63, 3.8) is 0 Å². The second-order valence-corrected chi connectivity index (χ2v) is 5.06. The van der Waals surface area contributed by atoms with Gasteiger partial charge in [-0.15, -0.1) is 11.3 Å². The first-order valence-corrected chi connectivity index (χ1v) is 6.98. The third-order valence-electron chi connectivity index (χ3n) is 2.67. The zero-order chi connectivity index (χ0) is 9.86. The van der Waals surface area contributed by atoms with E-state index in [4.69, 9.17) is 4.74 Å². The van der Waals surface area contributed by atoms with Gasteiger partial charge in [0.25, 0.3) is 0 Å². The largest absolute Gasteiger partial charge is 0.374 e. The second kappa shape index (κ2) is 4.73. The van der Waals surface area contributed by atoms with E-state index in [2.05, 4.69) is 26.3 Å². The Morgan fingerprint density at radius 2 is 2.50 bits per heavy atom. The van der Waals surface area contributed by atoms with E-state index in [1.165, 1.54) is 12.8 Å². The van der Waals surface area contributed by atoms with Crippen LogP contribution in [0.5, 0.6) is 0 Å². The van der Waals surface area contributed by atoms with Crippen molar-refractivity contribution >= 4 is 27.3 Å². The minimum Gasteiger partial charge on any atom is -0.374 e. The van der Waals surface area contributed by atoms with E-state index in [0.29, 0.717) is 0 Å². The van der Waals surface area contributed by atoms with Crippen LogP contribution in [0.25, 0.3) is 0 Å². The van der Waals surface area contributed by atoms with E-state index in [1.54, 1.807) is 11.3 Å². The highest BCUT2D eigenvalue weighted by molar-refractivity contribution is 9.09. The summed E-state index contributed by atoms with van der Waals surface area (Å²) in [5.41, 5.74) is 3.06. The normalized spacial score (nSPS) is 27.8. The van der Waals surface area contributed by atoms with Crippen molar-refractivity contribution in [3.8, 4) is 0 Å². The topological polar surface area (TPSA) is 22.1 Å². The molecule has 1 aliphatic heterocycles. The van der Waals surface area contributed by atoms with Crippen molar-refractivity contribution in [2.45, 2.75) is 31.3 Å². The van der Waals surface area contributed by atoms with Crippen molar-refractivity contribution < 1.29 is 4.74 Å². The van der Waals surface area contributed by atoms with E-state index in [-0.39, 0.29) is 5.60 Å². The fraction of sp³-hybridized carbons (Fsp3) is 0.700. The summed E-state index contributed by atoms with van der Waals surface area (Å²) in [5.74, 6) is 0. The lowest BCUT2D eigenvalue weighted by molar-refractivity contribution is -0.0602. The summed E-state index contributed by atoms with van der Waals surface area (Å²) in [5, 5.41) is 3.03. The molecule has 0 aliphatic carbocycles. The van der Waals surface area contributed by atoms with Crippen LogP contribution >= 0.6 is 27.3 Å². The summed E-state index contributed by atoms with van der Waals surface area (Å²) >= 11 is 5.22. The van der Waals surface area contributed by atoms with Gasteiger partial charge < -0.3 is 4.74 Å². The molecule has 14 heavy (non-hydrogen) atoms. The van der Waals surface area contributed by atoms with Crippen LogP contribution < -0.4 is 0 Å². The molecule has 0 radical (unpaired) electrons. The lowest BCUT2D eigenvalue weighted by Gasteiger charge is -2.35. The van der Waals surface area contributed by atoms with Crippen LogP contribution in [-0.2, 0) is 11.2 Å². The molecule has 1 saturated heterocycles. The number of halogens is 1. The Kier molecular flexibility index (Phi) is 3.57. The van der Waals surface area contributed by atoms with Crippen LogP contribution in [0.2, 0.25) is 0 Å². The highest BCUT2D eigenvalue weighted by atomic mass is 79.9. The molecule has 2 rings (SSSR count).